The summed E-state index contributed by atoms with van der Waals surface area (Å²) in [5.74, 6) is -4.86. The average molecular weight is 364 g/mol. The third-order valence-corrected chi connectivity index (χ3v) is 4.32. The number of cyclic esters (lactones) is 2. The minimum absolute atomic E-state index is 0.0195. The van der Waals surface area contributed by atoms with Crippen LogP contribution >= 0.6 is 0 Å². The zero-order valence-electron chi connectivity index (χ0n) is 12.3. The van der Waals surface area contributed by atoms with Gasteiger partial charge in [0.05, 0.1) is 23.0 Å². The van der Waals surface area contributed by atoms with E-state index in [0.717, 1.165) is 0 Å². The van der Waals surface area contributed by atoms with Crippen molar-refractivity contribution in [3.8, 4) is 0 Å². The first-order valence-corrected chi connectivity index (χ1v) is 7.20. The molecule has 9 heteroatoms. The normalized spacial score (nSPS) is 26.6. The maximum atomic E-state index is 13.0. The van der Waals surface area contributed by atoms with Crippen LogP contribution in [0.2, 0.25) is 0 Å². The van der Waals surface area contributed by atoms with E-state index in [1.807, 2.05) is 0 Å². The van der Waals surface area contributed by atoms with Gasteiger partial charge in [0.2, 0.25) is 0 Å². The van der Waals surface area contributed by atoms with Crippen molar-refractivity contribution in [2.24, 2.45) is 11.8 Å². The van der Waals surface area contributed by atoms with Gasteiger partial charge in [-0.3, -0.25) is 9.59 Å². The highest BCUT2D eigenvalue weighted by Gasteiger charge is 2.49. The fraction of sp³-hybridized carbons (Fsp3) is 0.375. The van der Waals surface area contributed by atoms with Crippen LogP contribution < -0.4 is 0 Å². The van der Waals surface area contributed by atoms with E-state index in [9.17, 15) is 35.9 Å². The molecule has 1 saturated heterocycles. The fourth-order valence-corrected chi connectivity index (χ4v) is 3.17. The Labute approximate surface area is 137 Å². The van der Waals surface area contributed by atoms with Crippen molar-refractivity contribution in [2.45, 2.75) is 24.7 Å². The summed E-state index contributed by atoms with van der Waals surface area (Å²) in [6, 6.07) is 1.16. The second-order valence-corrected chi connectivity index (χ2v) is 5.90. The summed E-state index contributed by atoms with van der Waals surface area (Å²) in [5, 5.41) is 0. The lowest BCUT2D eigenvalue weighted by atomic mass is 9.74. The molecule has 0 unspecified atom stereocenters. The summed E-state index contributed by atoms with van der Waals surface area (Å²) in [6.45, 7) is 0. The predicted molar refractivity (Wildman–Crippen MR) is 71.0 cm³/mol. The van der Waals surface area contributed by atoms with Crippen LogP contribution in [0.4, 0.5) is 26.3 Å². The zero-order chi connectivity index (χ0) is 18.6. The molecule has 1 aliphatic heterocycles. The molecule has 1 fully saturated rings. The Kier molecular flexibility index (Phi) is 3.92. The van der Waals surface area contributed by atoms with E-state index >= 15 is 0 Å². The second-order valence-electron chi connectivity index (χ2n) is 5.90. The van der Waals surface area contributed by atoms with Crippen molar-refractivity contribution in [1.29, 1.82) is 0 Å². The molecule has 2 aliphatic rings. The van der Waals surface area contributed by atoms with Crippen LogP contribution in [0.25, 0.3) is 0 Å². The van der Waals surface area contributed by atoms with E-state index in [4.69, 9.17) is 0 Å². The molecule has 3 rings (SSSR count). The van der Waals surface area contributed by atoms with Gasteiger partial charge in [-0.05, 0) is 30.2 Å². The number of rotatable bonds is 1. The maximum absolute atomic E-state index is 13.0. The van der Waals surface area contributed by atoms with Crippen molar-refractivity contribution in [3.63, 3.8) is 0 Å². The first-order valence-electron chi connectivity index (χ1n) is 7.20. The van der Waals surface area contributed by atoms with Gasteiger partial charge < -0.3 is 4.74 Å². The Morgan fingerprint density at radius 1 is 0.880 bits per heavy atom. The molecule has 0 bridgehead atoms. The van der Waals surface area contributed by atoms with Crippen LogP contribution in [-0.4, -0.2) is 11.9 Å². The van der Waals surface area contributed by atoms with Gasteiger partial charge in [-0.25, -0.2) is 0 Å². The van der Waals surface area contributed by atoms with Gasteiger partial charge in [-0.15, -0.1) is 0 Å². The quantitative estimate of drug-likeness (QED) is 0.326. The van der Waals surface area contributed by atoms with Crippen LogP contribution in [0.15, 0.2) is 30.4 Å². The predicted octanol–water partition coefficient (Wildman–Crippen LogP) is 4.08. The van der Waals surface area contributed by atoms with Gasteiger partial charge in [0.25, 0.3) is 0 Å². The molecule has 0 radical (unpaired) electrons. The monoisotopic (exact) mass is 364 g/mol. The summed E-state index contributed by atoms with van der Waals surface area (Å²) < 4.78 is 82.4. The molecule has 25 heavy (non-hydrogen) atoms. The zero-order valence-corrected chi connectivity index (χ0v) is 12.3. The SMILES string of the molecule is O=C1OC(=O)[C@@H]2CC=C[C@@H](c3cc(C(F)(F)F)cc(C(F)(F)F)c3)[C@@H]12. The molecule has 0 amide bonds. The van der Waals surface area contributed by atoms with Crippen molar-refractivity contribution < 1.29 is 40.7 Å². The third-order valence-electron chi connectivity index (χ3n) is 4.32. The highest BCUT2D eigenvalue weighted by molar-refractivity contribution is 5.97. The van der Waals surface area contributed by atoms with Crippen molar-refractivity contribution in [1.82, 2.24) is 0 Å². The molecule has 3 atom stereocenters. The number of alkyl halides is 6. The molecule has 0 N–H and O–H groups in total. The molecular weight excluding hydrogens is 354 g/mol. The number of carbonyl (C=O) groups is 2. The number of benzene rings is 1. The standard InChI is InChI=1S/C16H10F6O3/c17-15(18,19)8-4-7(5-9(6-8)16(20,21)22)10-2-1-3-11-12(10)14(24)25-13(11)23/h1-2,4-6,10-12H,3H2/t10-,11+,12+/m0/s1. The van der Waals surface area contributed by atoms with Gasteiger partial charge in [0.15, 0.2) is 0 Å². The topological polar surface area (TPSA) is 43.4 Å². The van der Waals surface area contributed by atoms with E-state index in [0.29, 0.717) is 12.1 Å². The minimum atomic E-state index is -4.99. The van der Waals surface area contributed by atoms with E-state index in [1.54, 1.807) is 0 Å². The van der Waals surface area contributed by atoms with Crippen molar-refractivity contribution >= 4 is 11.9 Å². The molecule has 134 valence electrons. The Balaban J connectivity index is 2.13. The molecule has 0 spiro atoms. The van der Waals surface area contributed by atoms with Crippen LogP contribution in [-0.2, 0) is 26.7 Å². The van der Waals surface area contributed by atoms with Crippen molar-refractivity contribution in [2.75, 3.05) is 0 Å². The fourth-order valence-electron chi connectivity index (χ4n) is 3.17. The van der Waals surface area contributed by atoms with Gasteiger partial charge in [-0.1, -0.05) is 12.2 Å². The first-order chi connectivity index (χ1) is 11.5. The van der Waals surface area contributed by atoms with Gasteiger partial charge in [0.1, 0.15) is 0 Å². The Morgan fingerprint density at radius 3 is 1.96 bits per heavy atom. The van der Waals surface area contributed by atoms with E-state index < -0.39 is 53.2 Å². The van der Waals surface area contributed by atoms with Crippen LogP contribution in [0.1, 0.15) is 29.0 Å². The van der Waals surface area contributed by atoms with E-state index in [-0.39, 0.29) is 18.1 Å². The maximum Gasteiger partial charge on any atom is 0.416 e. The van der Waals surface area contributed by atoms with Crippen LogP contribution in [0.3, 0.4) is 0 Å². The first kappa shape index (κ1) is 17.5. The summed E-state index contributed by atoms with van der Waals surface area (Å²) in [4.78, 5) is 23.5. The number of hydrogen-bond acceptors (Lipinski definition) is 3. The summed E-state index contributed by atoms with van der Waals surface area (Å²) in [6.07, 6.45) is -7.02. The summed E-state index contributed by atoms with van der Waals surface area (Å²) >= 11 is 0. The van der Waals surface area contributed by atoms with Gasteiger partial charge in [-0.2, -0.15) is 26.3 Å². The lowest BCUT2D eigenvalue weighted by Crippen LogP contribution is -2.27. The molecule has 3 nitrogen and oxygen atoms in total. The Bertz CT molecular complexity index is 730. The van der Waals surface area contributed by atoms with Gasteiger partial charge >= 0.3 is 24.3 Å². The highest BCUT2D eigenvalue weighted by atomic mass is 19.4. The number of halogens is 6. The number of ether oxygens (including phenoxy) is 1. The minimum Gasteiger partial charge on any atom is -0.393 e. The molecule has 1 heterocycles. The summed E-state index contributed by atoms with van der Waals surface area (Å²) in [7, 11) is 0. The van der Waals surface area contributed by atoms with E-state index in [1.165, 1.54) is 12.2 Å². The van der Waals surface area contributed by atoms with Crippen LogP contribution in [0.5, 0.6) is 0 Å². The molecular formula is C16H10F6O3. The van der Waals surface area contributed by atoms with Crippen molar-refractivity contribution in [3.05, 3.63) is 47.0 Å². The molecule has 1 aromatic rings. The average Bonchev–Trinajstić information content (AvgIpc) is 2.80. The summed E-state index contributed by atoms with van der Waals surface area (Å²) in [5.41, 5.74) is -3.27. The Hall–Kier alpha value is -2.32. The largest absolute Gasteiger partial charge is 0.416 e. The lowest BCUT2D eigenvalue weighted by Gasteiger charge is -2.26. The number of esters is 2. The van der Waals surface area contributed by atoms with Crippen LogP contribution in [0, 0.1) is 11.8 Å². The smallest absolute Gasteiger partial charge is 0.393 e. The number of allylic oxidation sites excluding steroid dienone is 2. The molecule has 1 aliphatic carbocycles. The Morgan fingerprint density at radius 2 is 1.44 bits per heavy atom. The number of hydrogen-bond donors (Lipinski definition) is 0. The lowest BCUT2D eigenvalue weighted by molar-refractivity contribution is -0.154. The second kappa shape index (κ2) is 5.60. The van der Waals surface area contributed by atoms with Gasteiger partial charge in [0, 0.05) is 5.92 Å². The molecule has 1 aromatic carbocycles. The highest BCUT2D eigenvalue weighted by Crippen LogP contribution is 2.45. The molecule has 0 aromatic heterocycles. The van der Waals surface area contributed by atoms with E-state index in [2.05, 4.69) is 4.74 Å². The number of fused-ring (bicyclic) bond motifs is 1. The number of carbonyl (C=O) groups excluding carboxylic acids is 2. The third kappa shape index (κ3) is 3.14. The molecule has 0 saturated carbocycles.